The summed E-state index contributed by atoms with van der Waals surface area (Å²) >= 11 is 0. The monoisotopic (exact) mass is 228 g/mol. The standard InChI is InChI=1S/C11H14N2O3.Li/c12-7-10(14)13-9(11(15)16)6-8-4-2-1-3-5-8;/h1-5,9H,6-7,12H2,(H,13,14)(H,15,16);/q;+1/p-1/t9-;/m0./s1. The van der Waals surface area contributed by atoms with Crippen LogP contribution in [0.15, 0.2) is 35.3 Å². The van der Waals surface area contributed by atoms with Gasteiger partial charge in [-0.25, -0.2) is 4.79 Å². The number of hydrogen-bond donors (Lipinski definition) is 2. The van der Waals surface area contributed by atoms with E-state index < -0.39 is 17.9 Å². The van der Waals surface area contributed by atoms with Crippen LogP contribution in [0, 0.1) is 0 Å². The second-order valence-electron chi connectivity index (χ2n) is 3.27. The molecule has 1 atom stereocenters. The molecule has 1 rings (SSSR count). The van der Waals surface area contributed by atoms with Gasteiger partial charge in [-0.15, -0.1) is 0 Å². The summed E-state index contributed by atoms with van der Waals surface area (Å²) in [4.78, 5) is 14.4. The van der Waals surface area contributed by atoms with Gasteiger partial charge in [0, 0.05) is 13.0 Å². The van der Waals surface area contributed by atoms with Crippen molar-refractivity contribution in [3.8, 4) is 0 Å². The Morgan fingerprint density at radius 3 is 2.47 bits per heavy atom. The molecule has 6 heteroatoms. The van der Waals surface area contributed by atoms with Crippen LogP contribution in [0.4, 0.5) is 0 Å². The van der Waals surface area contributed by atoms with Crippen LogP contribution in [-0.2, 0) is 11.2 Å². The van der Waals surface area contributed by atoms with Crippen LogP contribution >= 0.6 is 0 Å². The molecule has 1 aromatic rings. The first kappa shape index (κ1) is 15.7. The second kappa shape index (κ2) is 7.90. The first-order valence-corrected chi connectivity index (χ1v) is 4.84. The van der Waals surface area contributed by atoms with Gasteiger partial charge in [0.15, 0.2) is 0 Å². The zero-order valence-corrected chi connectivity index (χ0v) is 9.67. The molecule has 0 fully saturated rings. The van der Waals surface area contributed by atoms with Crippen LogP contribution in [0.3, 0.4) is 0 Å². The van der Waals surface area contributed by atoms with E-state index in [1.807, 2.05) is 6.07 Å². The van der Waals surface area contributed by atoms with E-state index >= 15 is 0 Å². The van der Waals surface area contributed by atoms with Crippen molar-refractivity contribution in [2.24, 2.45) is 10.7 Å². The Morgan fingerprint density at radius 1 is 1.41 bits per heavy atom. The van der Waals surface area contributed by atoms with Gasteiger partial charge in [0.1, 0.15) is 6.04 Å². The summed E-state index contributed by atoms with van der Waals surface area (Å²) in [6, 6.07) is 7.97. The minimum absolute atomic E-state index is 0. The fourth-order valence-corrected chi connectivity index (χ4v) is 1.25. The van der Waals surface area contributed by atoms with Crippen molar-refractivity contribution in [1.82, 2.24) is 0 Å². The molecule has 0 radical (unpaired) electrons. The summed E-state index contributed by atoms with van der Waals surface area (Å²) in [7, 11) is 0. The van der Waals surface area contributed by atoms with Gasteiger partial charge in [-0.1, -0.05) is 30.3 Å². The van der Waals surface area contributed by atoms with Gasteiger partial charge in [0.25, 0.3) is 0 Å². The van der Waals surface area contributed by atoms with Gasteiger partial charge in [-0.2, -0.15) is 0 Å². The average Bonchev–Trinajstić information content (AvgIpc) is 2.29. The summed E-state index contributed by atoms with van der Waals surface area (Å²) in [5.74, 6) is -1.71. The summed E-state index contributed by atoms with van der Waals surface area (Å²) < 4.78 is 0. The topological polar surface area (TPSA) is 98.7 Å². The van der Waals surface area contributed by atoms with Crippen LogP contribution in [0.1, 0.15) is 5.56 Å². The number of rotatable bonds is 5. The largest absolute Gasteiger partial charge is 1.00 e. The van der Waals surface area contributed by atoms with E-state index in [1.54, 1.807) is 24.3 Å². The van der Waals surface area contributed by atoms with Gasteiger partial charge in [-0.05, 0) is 11.5 Å². The zero-order chi connectivity index (χ0) is 12.0. The van der Waals surface area contributed by atoms with Crippen molar-refractivity contribution >= 4 is 11.9 Å². The number of hydrogen-bond acceptors (Lipinski definition) is 4. The van der Waals surface area contributed by atoms with Crippen molar-refractivity contribution in [3.63, 3.8) is 0 Å². The van der Waals surface area contributed by atoms with Crippen molar-refractivity contribution in [2.45, 2.75) is 12.5 Å². The van der Waals surface area contributed by atoms with E-state index in [-0.39, 0.29) is 31.8 Å². The Morgan fingerprint density at radius 2 is 2.00 bits per heavy atom. The summed E-state index contributed by atoms with van der Waals surface area (Å²) in [5.41, 5.74) is 5.90. The molecule has 17 heavy (non-hydrogen) atoms. The molecule has 0 aliphatic carbocycles. The van der Waals surface area contributed by atoms with E-state index in [9.17, 15) is 9.90 Å². The third kappa shape index (κ3) is 5.55. The molecule has 0 unspecified atom stereocenters. The Bertz CT molecular complexity index is 382. The molecule has 0 spiro atoms. The maximum absolute atomic E-state index is 11.0. The molecule has 0 aliphatic heterocycles. The number of nitrogens with zero attached hydrogens (tertiary/aromatic N) is 1. The Balaban J connectivity index is 0.00000256. The van der Waals surface area contributed by atoms with Crippen molar-refractivity contribution in [2.75, 3.05) is 6.54 Å². The predicted octanol–water partition coefficient (Wildman–Crippen LogP) is -3.60. The number of nitrogens with two attached hydrogens (primary N) is 1. The number of aliphatic carboxylic acids is 1. The van der Waals surface area contributed by atoms with Gasteiger partial charge >= 0.3 is 24.8 Å². The third-order valence-electron chi connectivity index (χ3n) is 2.03. The molecular formula is C11H13LiN2O3. The molecule has 3 N–H and O–H groups in total. The first-order valence-electron chi connectivity index (χ1n) is 4.84. The van der Waals surface area contributed by atoms with Crippen LogP contribution in [-0.4, -0.2) is 29.6 Å². The van der Waals surface area contributed by atoms with Gasteiger partial charge < -0.3 is 15.9 Å². The molecule has 0 aliphatic rings. The number of carboxylic acid groups (broad SMARTS) is 1. The fraction of sp³-hybridized carbons (Fsp3) is 0.273. The SMILES string of the molecule is NCC([O-])=N[C@@H](Cc1ccccc1)C(=O)O.[Li+]. The number of aliphatic imine (C=N–C) groups is 1. The first-order chi connectivity index (χ1) is 7.63. The van der Waals surface area contributed by atoms with E-state index in [0.717, 1.165) is 5.56 Å². The minimum Gasteiger partial charge on any atom is -0.861 e. The number of benzene rings is 1. The Kier molecular flexibility index (Phi) is 7.31. The van der Waals surface area contributed by atoms with Crippen molar-refractivity contribution in [1.29, 1.82) is 0 Å². The Labute approximate surface area is 112 Å². The molecule has 0 aromatic heterocycles. The maximum Gasteiger partial charge on any atom is 1.00 e. The van der Waals surface area contributed by atoms with Gasteiger partial charge in [0.05, 0.1) is 0 Å². The Hall–Kier alpha value is -1.28. The number of carboxylic acids is 1. The van der Waals surface area contributed by atoms with E-state index in [1.165, 1.54) is 0 Å². The van der Waals surface area contributed by atoms with E-state index in [0.29, 0.717) is 0 Å². The normalized spacial score (nSPS) is 12.6. The maximum atomic E-state index is 11.0. The van der Waals surface area contributed by atoms with Crippen LogP contribution < -0.4 is 29.7 Å². The van der Waals surface area contributed by atoms with Crippen LogP contribution in [0.25, 0.3) is 0 Å². The quantitative estimate of drug-likeness (QED) is 0.309. The summed E-state index contributed by atoms with van der Waals surface area (Å²) in [6.45, 7) is -0.265. The third-order valence-corrected chi connectivity index (χ3v) is 2.03. The van der Waals surface area contributed by atoms with E-state index in [4.69, 9.17) is 10.8 Å². The van der Waals surface area contributed by atoms with Crippen LogP contribution in [0.5, 0.6) is 0 Å². The zero-order valence-electron chi connectivity index (χ0n) is 9.67. The van der Waals surface area contributed by atoms with Gasteiger partial charge in [-0.3, -0.25) is 4.99 Å². The average molecular weight is 228 g/mol. The minimum atomic E-state index is -1.12. The van der Waals surface area contributed by atoms with Gasteiger partial charge in [0.2, 0.25) is 0 Å². The summed E-state index contributed by atoms with van der Waals surface area (Å²) in [5, 5.41) is 19.9. The van der Waals surface area contributed by atoms with Crippen molar-refractivity contribution in [3.05, 3.63) is 35.9 Å². The number of carbonyl (C=O) groups is 1. The van der Waals surface area contributed by atoms with Crippen LogP contribution in [0.2, 0.25) is 0 Å². The molecule has 0 saturated carbocycles. The second-order valence-corrected chi connectivity index (χ2v) is 3.27. The molecule has 86 valence electrons. The van der Waals surface area contributed by atoms with Crippen molar-refractivity contribution < 1.29 is 33.9 Å². The molecule has 1 aromatic carbocycles. The molecule has 0 heterocycles. The smallest absolute Gasteiger partial charge is 0.861 e. The summed E-state index contributed by atoms with van der Waals surface area (Å²) in [6.07, 6.45) is 0.196. The predicted molar refractivity (Wildman–Crippen MR) is 58.1 cm³/mol. The molecule has 5 nitrogen and oxygen atoms in total. The molecular weight excluding hydrogens is 215 g/mol. The fourth-order valence-electron chi connectivity index (χ4n) is 1.25. The molecule has 0 amide bonds. The molecule has 0 bridgehead atoms. The van der Waals surface area contributed by atoms with E-state index in [2.05, 4.69) is 4.99 Å². The molecule has 0 saturated heterocycles.